The highest BCUT2D eigenvalue weighted by Crippen LogP contribution is 2.36. The number of aromatic amines is 1. The first-order valence-corrected chi connectivity index (χ1v) is 16.5. The van der Waals surface area contributed by atoms with Crippen LogP contribution >= 0.6 is 11.6 Å². The largest absolute Gasteiger partial charge is 0.388 e. The normalized spacial score (nSPS) is 17.9. The van der Waals surface area contributed by atoms with Crippen molar-refractivity contribution < 1.29 is 4.39 Å². The summed E-state index contributed by atoms with van der Waals surface area (Å²) in [6.07, 6.45) is 8.90. The molecule has 8 nitrogen and oxygen atoms in total. The summed E-state index contributed by atoms with van der Waals surface area (Å²) in [5.74, 6) is 0.726. The number of benzene rings is 2. The average molecular weight is 634 g/mol. The highest BCUT2D eigenvalue weighted by Gasteiger charge is 2.30. The Morgan fingerprint density at radius 2 is 1.98 bits per heavy atom. The summed E-state index contributed by atoms with van der Waals surface area (Å²) in [5.41, 5.74) is 15.6. The van der Waals surface area contributed by atoms with Crippen LogP contribution in [0.5, 0.6) is 0 Å². The number of hydrogen-bond donors (Lipinski definition) is 3. The number of aromatic nitrogens is 3. The first-order valence-electron chi connectivity index (χ1n) is 16.1. The number of nitrogens with two attached hydrogens (primary N) is 2. The van der Waals surface area contributed by atoms with E-state index in [2.05, 4.69) is 45.8 Å². The minimum Gasteiger partial charge on any atom is -0.388 e. The monoisotopic (exact) mass is 633 g/mol. The number of aryl methyl sites for hydroxylation is 1. The molecule has 1 saturated heterocycles. The van der Waals surface area contributed by atoms with Crippen LogP contribution in [0.3, 0.4) is 0 Å². The van der Waals surface area contributed by atoms with Gasteiger partial charge in [0, 0.05) is 48.9 Å². The molecule has 5 N–H and O–H groups in total. The summed E-state index contributed by atoms with van der Waals surface area (Å²) in [6, 6.07) is 14.1. The van der Waals surface area contributed by atoms with E-state index in [4.69, 9.17) is 23.1 Å². The molecule has 0 saturated carbocycles. The maximum Gasteiger partial charge on any atom is 0.354 e. The molecule has 2 aromatic heterocycles. The van der Waals surface area contributed by atoms with Crippen LogP contribution in [0.1, 0.15) is 76.5 Å². The van der Waals surface area contributed by atoms with E-state index < -0.39 is 11.5 Å². The van der Waals surface area contributed by atoms with Gasteiger partial charge in [-0.25, -0.2) is 9.18 Å². The van der Waals surface area contributed by atoms with Crippen LogP contribution < -0.4 is 17.2 Å². The van der Waals surface area contributed by atoms with E-state index in [0.717, 1.165) is 57.1 Å². The van der Waals surface area contributed by atoms with Gasteiger partial charge in [-0.2, -0.15) is 4.98 Å². The van der Waals surface area contributed by atoms with Crippen molar-refractivity contribution in [1.29, 1.82) is 0 Å². The number of rotatable bonds is 12. The van der Waals surface area contributed by atoms with Crippen molar-refractivity contribution >= 4 is 28.5 Å². The highest BCUT2D eigenvalue weighted by molar-refractivity contribution is 6.31. The second-order valence-corrected chi connectivity index (χ2v) is 13.0. The fourth-order valence-corrected chi connectivity index (χ4v) is 6.80. The lowest BCUT2D eigenvalue weighted by molar-refractivity contribution is 0.0819. The van der Waals surface area contributed by atoms with E-state index in [1.807, 2.05) is 31.2 Å². The van der Waals surface area contributed by atoms with Gasteiger partial charge >= 0.3 is 5.69 Å². The fourth-order valence-electron chi connectivity index (χ4n) is 6.56. The number of likely N-dealkylation sites (tertiary alicyclic amines) is 1. The molecule has 1 fully saturated rings. The smallest absolute Gasteiger partial charge is 0.354 e. The Labute approximate surface area is 269 Å². The van der Waals surface area contributed by atoms with Crippen molar-refractivity contribution in [3.8, 4) is 16.9 Å². The molecule has 10 heteroatoms. The van der Waals surface area contributed by atoms with Gasteiger partial charge in [0.1, 0.15) is 5.65 Å². The van der Waals surface area contributed by atoms with Crippen molar-refractivity contribution in [1.82, 2.24) is 19.4 Å². The van der Waals surface area contributed by atoms with Gasteiger partial charge in [-0.05, 0) is 92.8 Å². The molecule has 240 valence electrons. The van der Waals surface area contributed by atoms with Crippen LogP contribution in [0.25, 0.3) is 28.0 Å². The van der Waals surface area contributed by atoms with Gasteiger partial charge in [-0.15, -0.1) is 0 Å². The lowest BCUT2D eigenvalue weighted by atomic mass is 9.89. The maximum absolute atomic E-state index is 15.2. The molecule has 0 aliphatic carbocycles. The number of piperidine rings is 1. The molecular formula is C35H45ClFN7O. The zero-order chi connectivity index (χ0) is 32.1. The number of hydrogen-bond acceptors (Lipinski definition) is 5. The van der Waals surface area contributed by atoms with Crippen molar-refractivity contribution in [3.63, 3.8) is 0 Å². The fraction of sp³-hybridized carbons (Fsp3) is 0.457. The van der Waals surface area contributed by atoms with E-state index in [9.17, 15) is 4.79 Å². The van der Waals surface area contributed by atoms with E-state index in [1.165, 1.54) is 10.1 Å². The first-order chi connectivity index (χ1) is 21.6. The molecule has 2 atom stereocenters. The van der Waals surface area contributed by atoms with Crippen LogP contribution in [0.4, 0.5) is 4.39 Å². The molecule has 3 heterocycles. The van der Waals surface area contributed by atoms with E-state index in [0.29, 0.717) is 58.9 Å². The molecule has 1 aliphatic heterocycles. The Morgan fingerprint density at radius 3 is 2.69 bits per heavy atom. The second kappa shape index (κ2) is 14.7. The third-order valence-electron chi connectivity index (χ3n) is 8.78. The molecule has 0 radical (unpaired) electrons. The van der Waals surface area contributed by atoms with Gasteiger partial charge in [0.2, 0.25) is 0 Å². The molecule has 2 aromatic carbocycles. The summed E-state index contributed by atoms with van der Waals surface area (Å²) < 4.78 is 16.7. The van der Waals surface area contributed by atoms with Crippen LogP contribution in [0, 0.1) is 11.7 Å². The Kier molecular flexibility index (Phi) is 10.7. The van der Waals surface area contributed by atoms with Crippen molar-refractivity contribution in [2.24, 2.45) is 22.4 Å². The summed E-state index contributed by atoms with van der Waals surface area (Å²) in [7, 11) is 0. The van der Waals surface area contributed by atoms with E-state index in [1.54, 1.807) is 12.3 Å². The van der Waals surface area contributed by atoms with Gasteiger partial charge < -0.3 is 16.5 Å². The summed E-state index contributed by atoms with van der Waals surface area (Å²) >= 11 is 6.30. The SMILES string of the molecule is CC(N)=NCCC1CCCC(c2ccc(-n3cc4cc(-c5cc(CCCC(C)C)cc(Cl)c5F)[nH]c4nc3=O)cc2)N1CCN. The predicted octanol–water partition coefficient (Wildman–Crippen LogP) is 6.77. The lowest BCUT2D eigenvalue weighted by Gasteiger charge is -2.42. The van der Waals surface area contributed by atoms with Crippen molar-refractivity contribution in [2.45, 2.75) is 77.8 Å². The Morgan fingerprint density at radius 1 is 1.20 bits per heavy atom. The Hall–Kier alpha value is -3.53. The Balaban J connectivity index is 1.39. The molecule has 0 amide bonds. The van der Waals surface area contributed by atoms with Crippen LogP contribution in [0.2, 0.25) is 5.02 Å². The topological polar surface area (TPSA) is 118 Å². The minimum absolute atomic E-state index is 0.0896. The van der Waals surface area contributed by atoms with Crippen LogP contribution in [-0.4, -0.2) is 50.9 Å². The standard InChI is InChI=1S/C35H45ClFN7O/c1-22(2)6-4-7-24-18-29(33(37)30(36)19-24)31-20-26-21-44(35(45)42-34(26)41-31)28-12-10-25(11-13-28)32-9-5-8-27(43(32)17-15-38)14-16-40-23(3)39/h10-13,18-22,27,32H,4-9,14-17,38H2,1-3H3,(H2,39,40)(H,41,42,45). The van der Waals surface area contributed by atoms with Gasteiger partial charge in [0.15, 0.2) is 5.82 Å². The zero-order valence-electron chi connectivity index (χ0n) is 26.5. The number of halogens is 2. The van der Waals surface area contributed by atoms with Gasteiger partial charge in [0.25, 0.3) is 0 Å². The van der Waals surface area contributed by atoms with Crippen LogP contribution in [0.15, 0.2) is 58.4 Å². The highest BCUT2D eigenvalue weighted by atomic mass is 35.5. The molecule has 5 rings (SSSR count). The average Bonchev–Trinajstić information content (AvgIpc) is 3.41. The third-order valence-corrected chi connectivity index (χ3v) is 9.06. The van der Waals surface area contributed by atoms with E-state index >= 15 is 4.39 Å². The molecule has 4 aromatic rings. The molecule has 0 bridgehead atoms. The molecule has 1 aliphatic rings. The zero-order valence-corrected chi connectivity index (χ0v) is 27.3. The first kappa shape index (κ1) is 32.9. The summed E-state index contributed by atoms with van der Waals surface area (Å²) in [6.45, 7) is 8.31. The van der Waals surface area contributed by atoms with Crippen molar-refractivity contribution in [3.05, 3.63) is 81.1 Å². The summed E-state index contributed by atoms with van der Waals surface area (Å²) in [5, 5.41) is 0.792. The maximum atomic E-state index is 15.2. The van der Waals surface area contributed by atoms with Gasteiger partial charge in [-0.3, -0.25) is 14.5 Å². The summed E-state index contributed by atoms with van der Waals surface area (Å²) in [4.78, 5) is 27.5. The molecule has 0 spiro atoms. The number of nitrogens with zero attached hydrogens (tertiary/aromatic N) is 4. The Bertz CT molecular complexity index is 1690. The number of amidine groups is 1. The lowest BCUT2D eigenvalue weighted by Crippen LogP contribution is -2.44. The van der Waals surface area contributed by atoms with Gasteiger partial charge in [-0.1, -0.05) is 44.0 Å². The van der Waals surface area contributed by atoms with Crippen LogP contribution in [-0.2, 0) is 6.42 Å². The number of aliphatic imine (C=N–C) groups is 1. The number of H-pyrrole nitrogens is 1. The molecular weight excluding hydrogens is 589 g/mol. The quantitative estimate of drug-likeness (QED) is 0.117. The second-order valence-electron chi connectivity index (χ2n) is 12.6. The van der Waals surface area contributed by atoms with E-state index in [-0.39, 0.29) is 11.1 Å². The predicted molar refractivity (Wildman–Crippen MR) is 183 cm³/mol. The third kappa shape index (κ3) is 7.83. The number of fused-ring (bicyclic) bond motifs is 1. The molecule has 45 heavy (non-hydrogen) atoms. The minimum atomic E-state index is -0.488. The van der Waals surface area contributed by atoms with Gasteiger partial charge in [0.05, 0.1) is 22.2 Å². The molecule has 2 unspecified atom stereocenters. The number of nitrogens with one attached hydrogen (secondary N) is 1. The van der Waals surface area contributed by atoms with Crippen molar-refractivity contribution in [2.75, 3.05) is 19.6 Å².